The van der Waals surface area contributed by atoms with E-state index in [1.807, 2.05) is 0 Å². The summed E-state index contributed by atoms with van der Waals surface area (Å²) in [6.45, 7) is 2.56. The first kappa shape index (κ1) is 8.97. The summed E-state index contributed by atoms with van der Waals surface area (Å²) in [4.78, 5) is 2.41. The van der Waals surface area contributed by atoms with Crippen LogP contribution in [-0.2, 0) is 0 Å². The highest BCUT2D eigenvalue weighted by Gasteiger charge is 2.24. The van der Waals surface area contributed by atoms with E-state index in [0.29, 0.717) is 18.6 Å². The Kier molecular flexibility index (Phi) is 2.81. The van der Waals surface area contributed by atoms with Crippen LogP contribution in [0, 0.1) is 5.92 Å². The first-order chi connectivity index (χ1) is 6.40. The number of aliphatic hydroxyl groups excluding tert-OH is 1. The van der Waals surface area contributed by atoms with Crippen molar-refractivity contribution in [1.82, 2.24) is 4.90 Å². The zero-order valence-corrected chi connectivity index (χ0v) is 7.89. The van der Waals surface area contributed by atoms with E-state index in [-0.39, 0.29) is 0 Å². The second-order valence-electron chi connectivity index (χ2n) is 3.91. The van der Waals surface area contributed by atoms with E-state index >= 15 is 0 Å². The first-order valence-electron chi connectivity index (χ1n) is 5.10. The van der Waals surface area contributed by atoms with Gasteiger partial charge >= 0.3 is 0 Å². The Morgan fingerprint density at radius 1 is 1.31 bits per heavy atom. The molecule has 0 unspecified atom stereocenters. The van der Waals surface area contributed by atoms with E-state index in [9.17, 15) is 0 Å². The lowest BCUT2D eigenvalue weighted by Gasteiger charge is -2.24. The molecule has 2 aliphatic rings. The number of allylic oxidation sites excluding steroid dienone is 2. The van der Waals surface area contributed by atoms with E-state index in [4.69, 9.17) is 5.11 Å². The molecular weight excluding hydrogens is 162 g/mol. The average molecular weight is 179 g/mol. The molecule has 1 saturated heterocycles. The Morgan fingerprint density at radius 3 is 2.77 bits per heavy atom. The van der Waals surface area contributed by atoms with Crippen molar-refractivity contribution in [3.63, 3.8) is 0 Å². The lowest BCUT2D eigenvalue weighted by atomic mass is 10.1. The lowest BCUT2D eigenvalue weighted by Crippen LogP contribution is -2.35. The number of rotatable bonds is 3. The highest BCUT2D eigenvalue weighted by atomic mass is 16.3. The summed E-state index contributed by atoms with van der Waals surface area (Å²) in [5.74, 6) is 0.576. The van der Waals surface area contributed by atoms with Crippen LogP contribution in [0.25, 0.3) is 0 Å². The summed E-state index contributed by atoms with van der Waals surface area (Å²) >= 11 is 0. The van der Waals surface area contributed by atoms with Gasteiger partial charge in [0.1, 0.15) is 0 Å². The van der Waals surface area contributed by atoms with E-state index in [2.05, 4.69) is 29.2 Å². The fraction of sp³-hybridized carbons (Fsp3) is 0.636. The molecule has 0 aromatic carbocycles. The molecule has 1 N–H and O–H groups in total. The minimum atomic E-state index is 0.320. The van der Waals surface area contributed by atoms with Crippen LogP contribution in [0.4, 0.5) is 0 Å². The Labute approximate surface area is 79.6 Å². The molecule has 0 aromatic rings. The topological polar surface area (TPSA) is 23.5 Å². The summed E-state index contributed by atoms with van der Waals surface area (Å²) in [7, 11) is 0. The third-order valence-corrected chi connectivity index (χ3v) is 2.98. The van der Waals surface area contributed by atoms with Crippen LogP contribution in [-0.4, -0.2) is 35.7 Å². The summed E-state index contributed by atoms with van der Waals surface area (Å²) < 4.78 is 0. The number of nitrogens with zero attached hydrogens (tertiary/aromatic N) is 1. The smallest absolute Gasteiger partial charge is 0.0586 e. The first-order valence-corrected chi connectivity index (χ1v) is 5.10. The van der Waals surface area contributed by atoms with Crippen molar-refractivity contribution in [2.24, 2.45) is 5.92 Å². The lowest BCUT2D eigenvalue weighted by molar-refractivity contribution is 0.154. The van der Waals surface area contributed by atoms with Gasteiger partial charge in [0.25, 0.3) is 0 Å². The van der Waals surface area contributed by atoms with E-state index in [0.717, 1.165) is 19.5 Å². The van der Waals surface area contributed by atoms with Crippen LogP contribution in [0.5, 0.6) is 0 Å². The van der Waals surface area contributed by atoms with Gasteiger partial charge in [-0.25, -0.2) is 0 Å². The Balaban J connectivity index is 1.86. The molecular formula is C11H17NO. The third-order valence-electron chi connectivity index (χ3n) is 2.98. The van der Waals surface area contributed by atoms with Crippen molar-refractivity contribution >= 4 is 0 Å². The normalized spacial score (nSPS) is 29.2. The van der Waals surface area contributed by atoms with Crippen LogP contribution in [0.15, 0.2) is 24.3 Å². The van der Waals surface area contributed by atoms with Gasteiger partial charge in [-0.1, -0.05) is 24.3 Å². The fourth-order valence-corrected chi connectivity index (χ4v) is 2.21. The Bertz CT molecular complexity index is 210. The molecule has 0 spiro atoms. The van der Waals surface area contributed by atoms with Crippen LogP contribution >= 0.6 is 0 Å². The molecule has 2 rings (SSSR count). The fourth-order valence-electron chi connectivity index (χ4n) is 2.21. The maximum Gasteiger partial charge on any atom is 0.0586 e. The average Bonchev–Trinajstić information content (AvgIpc) is 2.76. The standard InChI is InChI=1S/C11H17NO/c13-9-11-6-3-7-12(11)8-10-4-1-2-5-10/h1-2,4-5,10-11,13H,3,6-9H2/t11-/m0/s1. The maximum absolute atomic E-state index is 9.13. The zero-order valence-electron chi connectivity index (χ0n) is 7.89. The zero-order chi connectivity index (χ0) is 9.10. The van der Waals surface area contributed by atoms with E-state index in [1.165, 1.54) is 6.42 Å². The minimum Gasteiger partial charge on any atom is -0.395 e. The molecule has 2 heteroatoms. The second-order valence-corrected chi connectivity index (χ2v) is 3.91. The van der Waals surface area contributed by atoms with Gasteiger partial charge in [0.15, 0.2) is 0 Å². The van der Waals surface area contributed by atoms with Crippen LogP contribution in [0.1, 0.15) is 12.8 Å². The van der Waals surface area contributed by atoms with Crippen LogP contribution in [0.3, 0.4) is 0 Å². The van der Waals surface area contributed by atoms with Gasteiger partial charge in [0.05, 0.1) is 6.61 Å². The van der Waals surface area contributed by atoms with Gasteiger partial charge < -0.3 is 5.11 Å². The van der Waals surface area contributed by atoms with Crippen molar-refractivity contribution < 1.29 is 5.11 Å². The highest BCUT2D eigenvalue weighted by molar-refractivity contribution is 5.18. The van der Waals surface area contributed by atoms with Crippen molar-refractivity contribution in [3.05, 3.63) is 24.3 Å². The van der Waals surface area contributed by atoms with Gasteiger partial charge in [-0.3, -0.25) is 4.90 Å². The number of aliphatic hydroxyl groups is 1. The van der Waals surface area contributed by atoms with Gasteiger partial charge in [-0.05, 0) is 19.4 Å². The summed E-state index contributed by atoms with van der Waals surface area (Å²) in [6, 6.07) is 0.419. The molecule has 1 aliphatic carbocycles. The Hall–Kier alpha value is -0.600. The molecule has 0 radical (unpaired) electrons. The van der Waals surface area contributed by atoms with E-state index < -0.39 is 0 Å². The predicted octanol–water partition coefficient (Wildman–Crippen LogP) is 1.19. The highest BCUT2D eigenvalue weighted by Crippen LogP contribution is 2.20. The monoisotopic (exact) mass is 179 g/mol. The molecule has 0 saturated carbocycles. The molecule has 1 atom stereocenters. The maximum atomic E-state index is 9.13. The van der Waals surface area contributed by atoms with Crippen molar-refractivity contribution in [2.45, 2.75) is 18.9 Å². The summed E-state index contributed by atoms with van der Waals surface area (Å²) in [6.07, 6.45) is 11.1. The number of hydrogen-bond acceptors (Lipinski definition) is 2. The van der Waals surface area contributed by atoms with Crippen LogP contribution < -0.4 is 0 Å². The van der Waals surface area contributed by atoms with Crippen LogP contribution in [0.2, 0.25) is 0 Å². The van der Waals surface area contributed by atoms with E-state index in [1.54, 1.807) is 0 Å². The summed E-state index contributed by atoms with van der Waals surface area (Å²) in [5.41, 5.74) is 0. The van der Waals surface area contributed by atoms with Gasteiger partial charge in [0, 0.05) is 18.5 Å². The largest absolute Gasteiger partial charge is 0.395 e. The summed E-state index contributed by atoms with van der Waals surface area (Å²) in [5, 5.41) is 9.13. The molecule has 1 aliphatic heterocycles. The number of hydrogen-bond donors (Lipinski definition) is 1. The molecule has 0 aromatic heterocycles. The molecule has 72 valence electrons. The second kappa shape index (κ2) is 4.07. The van der Waals surface area contributed by atoms with Crippen molar-refractivity contribution in [2.75, 3.05) is 19.7 Å². The Morgan fingerprint density at radius 2 is 2.08 bits per heavy atom. The predicted molar refractivity (Wildman–Crippen MR) is 53.5 cm³/mol. The number of likely N-dealkylation sites (tertiary alicyclic amines) is 1. The minimum absolute atomic E-state index is 0.320. The molecule has 13 heavy (non-hydrogen) atoms. The van der Waals surface area contributed by atoms with Gasteiger partial charge in [-0.15, -0.1) is 0 Å². The van der Waals surface area contributed by atoms with Crippen molar-refractivity contribution in [1.29, 1.82) is 0 Å². The van der Waals surface area contributed by atoms with Gasteiger partial charge in [0.2, 0.25) is 0 Å². The molecule has 1 heterocycles. The molecule has 0 amide bonds. The van der Waals surface area contributed by atoms with Gasteiger partial charge in [-0.2, -0.15) is 0 Å². The molecule has 0 bridgehead atoms. The molecule has 2 nitrogen and oxygen atoms in total. The third kappa shape index (κ3) is 2.01. The van der Waals surface area contributed by atoms with Crippen molar-refractivity contribution in [3.8, 4) is 0 Å². The SMILES string of the molecule is OC[C@@H]1CCCN1CC1C=CC=C1. The molecule has 1 fully saturated rings. The quantitative estimate of drug-likeness (QED) is 0.703.